The number of carbonyl (C=O) groups is 2. The van der Waals surface area contributed by atoms with Crippen LogP contribution in [0.1, 0.15) is 53.0 Å². The Bertz CT molecular complexity index is 1020. The number of ether oxygens (including phenoxy) is 2. The third-order valence-electron chi connectivity index (χ3n) is 5.81. The molecule has 0 bridgehead atoms. The monoisotopic (exact) mass is 536 g/mol. The predicted molar refractivity (Wildman–Crippen MR) is 128 cm³/mol. The molecular weight excluding hydrogens is 501 g/mol. The molecule has 12 heteroatoms. The fourth-order valence-electron chi connectivity index (χ4n) is 3.88. The molecule has 0 spiro atoms. The molecule has 3 atom stereocenters. The predicted octanol–water partition coefficient (Wildman–Crippen LogP) is 4.08. The number of amides is 2. The molecule has 8 nitrogen and oxygen atoms in total. The van der Waals surface area contributed by atoms with Crippen molar-refractivity contribution in [2.75, 3.05) is 13.7 Å². The van der Waals surface area contributed by atoms with Crippen LogP contribution in [0.3, 0.4) is 0 Å². The number of likely N-dealkylation sites (tertiary alicyclic amines) is 1. The van der Waals surface area contributed by atoms with Crippen molar-refractivity contribution in [1.29, 1.82) is 0 Å². The summed E-state index contributed by atoms with van der Waals surface area (Å²) in [4.78, 5) is 27.0. The van der Waals surface area contributed by atoms with Gasteiger partial charge in [-0.2, -0.15) is 13.2 Å². The fraction of sp³-hybridized carbons (Fsp3) is 0.667. The summed E-state index contributed by atoms with van der Waals surface area (Å²) in [5, 5.41) is 1.29. The molecule has 0 aliphatic carbocycles. The number of hydrogen-bond donors (Lipinski definition) is 1. The van der Waals surface area contributed by atoms with Gasteiger partial charge < -0.3 is 14.8 Å². The van der Waals surface area contributed by atoms with Gasteiger partial charge in [0.25, 0.3) is 0 Å². The molecule has 0 radical (unpaired) electrons. The first kappa shape index (κ1) is 29.7. The van der Waals surface area contributed by atoms with E-state index >= 15 is 0 Å². The van der Waals surface area contributed by atoms with Gasteiger partial charge in [0.2, 0.25) is 5.91 Å². The first-order valence-electron chi connectivity index (χ1n) is 11.6. The second kappa shape index (κ2) is 11.3. The normalized spacial score (nSPS) is 19.8. The van der Waals surface area contributed by atoms with Gasteiger partial charge in [-0.25, -0.2) is 13.2 Å². The Morgan fingerprint density at radius 1 is 1.14 bits per heavy atom. The molecule has 2 amide bonds. The summed E-state index contributed by atoms with van der Waals surface area (Å²) < 4.78 is 75.9. The summed E-state index contributed by atoms with van der Waals surface area (Å²) in [5.41, 5.74) is -0.424. The highest BCUT2D eigenvalue weighted by molar-refractivity contribution is 7.91. The van der Waals surface area contributed by atoms with Crippen LogP contribution in [-0.2, 0) is 25.1 Å². The molecular formula is C24H35F3N2O6S. The van der Waals surface area contributed by atoms with Gasteiger partial charge in [0.15, 0.2) is 9.84 Å². The molecule has 1 fully saturated rings. The van der Waals surface area contributed by atoms with Crippen LogP contribution in [0.25, 0.3) is 0 Å². The molecule has 1 aromatic rings. The van der Waals surface area contributed by atoms with Gasteiger partial charge in [-0.3, -0.25) is 9.69 Å². The number of methoxy groups -OCH3 is 1. The van der Waals surface area contributed by atoms with Crippen LogP contribution in [0.4, 0.5) is 18.0 Å². The average Bonchev–Trinajstić information content (AvgIpc) is 3.18. The van der Waals surface area contributed by atoms with E-state index in [1.165, 1.54) is 7.11 Å². The van der Waals surface area contributed by atoms with E-state index in [2.05, 4.69) is 5.32 Å². The number of halogens is 3. The molecule has 1 aromatic carbocycles. The zero-order valence-electron chi connectivity index (χ0n) is 21.4. The van der Waals surface area contributed by atoms with Crippen LogP contribution < -0.4 is 10.1 Å². The van der Waals surface area contributed by atoms with Crippen LogP contribution in [-0.4, -0.2) is 68.1 Å². The minimum absolute atomic E-state index is 0.250. The molecule has 0 saturated carbocycles. The number of nitrogens with zero attached hydrogens (tertiary/aromatic N) is 1. The van der Waals surface area contributed by atoms with Gasteiger partial charge in [0.1, 0.15) is 17.4 Å². The Morgan fingerprint density at radius 2 is 1.72 bits per heavy atom. The summed E-state index contributed by atoms with van der Waals surface area (Å²) in [6.07, 6.45) is -6.90. The minimum Gasteiger partial charge on any atom is -0.497 e. The van der Waals surface area contributed by atoms with E-state index in [9.17, 15) is 31.2 Å². The quantitative estimate of drug-likeness (QED) is 0.537. The zero-order valence-corrected chi connectivity index (χ0v) is 22.2. The van der Waals surface area contributed by atoms with Gasteiger partial charge in [-0.1, -0.05) is 26.0 Å². The highest BCUT2D eigenvalue weighted by atomic mass is 32.2. The molecule has 204 valence electrons. The largest absolute Gasteiger partial charge is 0.497 e. The second-order valence-corrected chi connectivity index (χ2v) is 12.6. The maximum atomic E-state index is 13.2. The minimum atomic E-state index is -4.51. The first-order chi connectivity index (χ1) is 16.4. The number of benzene rings is 1. The van der Waals surface area contributed by atoms with Crippen molar-refractivity contribution in [3.05, 3.63) is 29.8 Å². The van der Waals surface area contributed by atoms with Crippen LogP contribution in [0.15, 0.2) is 24.3 Å². The van der Waals surface area contributed by atoms with E-state index < -0.39 is 63.3 Å². The van der Waals surface area contributed by atoms with Crippen molar-refractivity contribution in [2.24, 2.45) is 5.92 Å². The summed E-state index contributed by atoms with van der Waals surface area (Å²) >= 11 is 0. The lowest BCUT2D eigenvalue weighted by Gasteiger charge is -2.30. The third kappa shape index (κ3) is 8.56. The van der Waals surface area contributed by atoms with Gasteiger partial charge in [-0.15, -0.1) is 0 Å². The lowest BCUT2D eigenvalue weighted by molar-refractivity contribution is -0.145. The molecule has 1 unspecified atom stereocenters. The molecule has 0 aromatic heterocycles. The Balaban J connectivity index is 2.28. The maximum absolute atomic E-state index is 13.2. The lowest BCUT2D eigenvalue weighted by Crippen LogP contribution is -2.51. The summed E-state index contributed by atoms with van der Waals surface area (Å²) in [6.45, 7) is 7.62. The number of sulfone groups is 1. The van der Waals surface area contributed by atoms with E-state index in [4.69, 9.17) is 9.47 Å². The fourth-order valence-corrected chi connectivity index (χ4v) is 5.64. The third-order valence-corrected chi connectivity index (χ3v) is 7.90. The van der Waals surface area contributed by atoms with Gasteiger partial charge >= 0.3 is 12.3 Å². The van der Waals surface area contributed by atoms with Gasteiger partial charge in [0, 0.05) is 12.6 Å². The summed E-state index contributed by atoms with van der Waals surface area (Å²) in [5.74, 6) is -1.16. The molecule has 1 aliphatic heterocycles. The molecule has 1 aliphatic rings. The Kier molecular flexibility index (Phi) is 9.30. The molecule has 1 saturated heterocycles. The van der Waals surface area contributed by atoms with Crippen LogP contribution in [0.2, 0.25) is 0 Å². The van der Waals surface area contributed by atoms with Crippen molar-refractivity contribution in [3.63, 3.8) is 0 Å². The van der Waals surface area contributed by atoms with Crippen molar-refractivity contribution < 1.29 is 40.7 Å². The molecule has 1 N–H and O–H groups in total. The topological polar surface area (TPSA) is 102 Å². The van der Waals surface area contributed by atoms with E-state index in [1.807, 2.05) is 0 Å². The van der Waals surface area contributed by atoms with E-state index in [0.717, 1.165) is 4.90 Å². The summed E-state index contributed by atoms with van der Waals surface area (Å²) in [7, 11) is -2.35. The summed E-state index contributed by atoms with van der Waals surface area (Å²) in [6, 6.07) is 3.93. The lowest BCUT2D eigenvalue weighted by atomic mass is 10.00. The first-order valence-corrected chi connectivity index (χ1v) is 13.3. The zero-order chi connectivity index (χ0) is 27.5. The highest BCUT2D eigenvalue weighted by Gasteiger charge is 2.47. The van der Waals surface area contributed by atoms with Crippen molar-refractivity contribution in [1.82, 2.24) is 10.2 Å². The van der Waals surface area contributed by atoms with Crippen molar-refractivity contribution >= 4 is 21.8 Å². The van der Waals surface area contributed by atoms with E-state index in [-0.39, 0.29) is 18.7 Å². The Hall–Kier alpha value is -2.50. The van der Waals surface area contributed by atoms with Gasteiger partial charge in [0.05, 0.1) is 24.5 Å². The maximum Gasteiger partial charge on any atom is 0.411 e. The number of alkyl halides is 3. The van der Waals surface area contributed by atoms with Crippen LogP contribution in [0.5, 0.6) is 5.75 Å². The van der Waals surface area contributed by atoms with Crippen molar-refractivity contribution in [3.8, 4) is 5.75 Å². The number of rotatable bonds is 8. The van der Waals surface area contributed by atoms with Crippen LogP contribution in [0, 0.1) is 5.92 Å². The van der Waals surface area contributed by atoms with Crippen molar-refractivity contribution in [2.45, 2.75) is 82.3 Å². The number of carbonyl (C=O) groups excluding carboxylic acids is 2. The van der Waals surface area contributed by atoms with E-state index in [1.54, 1.807) is 58.9 Å². The molecule has 2 rings (SSSR count). The average molecular weight is 537 g/mol. The van der Waals surface area contributed by atoms with Crippen LogP contribution >= 0.6 is 0 Å². The standard InChI is InChI=1S/C24H35F3N2O6S/c1-15(2)19(12-24(25,26)27)28-21(30)20-11-18(13-29(20)22(31)35-23(3,4)5)36(32,33)14-16-7-9-17(34-6)10-8-16/h7-10,15,18-20H,11-14H2,1-6H3,(H,28,30)/t18-,19-,20?/m1/s1. The molecule has 36 heavy (non-hydrogen) atoms. The Labute approximate surface area is 210 Å². The Morgan fingerprint density at radius 3 is 2.19 bits per heavy atom. The SMILES string of the molecule is COc1ccc(CS(=O)(=O)[C@@H]2CC(C(=O)N[C@H](CC(F)(F)F)C(C)C)N(C(=O)OC(C)(C)C)C2)cc1. The second-order valence-electron chi connectivity index (χ2n) is 10.3. The van der Waals surface area contributed by atoms with E-state index in [0.29, 0.717) is 11.3 Å². The highest BCUT2D eigenvalue weighted by Crippen LogP contribution is 2.30. The number of hydrogen-bond acceptors (Lipinski definition) is 6. The number of nitrogens with one attached hydrogen (secondary N) is 1. The molecule has 1 heterocycles. The van der Waals surface area contributed by atoms with Gasteiger partial charge in [-0.05, 0) is 50.8 Å². The smallest absolute Gasteiger partial charge is 0.411 e.